The highest BCUT2D eigenvalue weighted by Gasteiger charge is 2.50. The first-order valence-corrected chi connectivity index (χ1v) is 26.9. The van der Waals surface area contributed by atoms with E-state index in [9.17, 15) is 35.2 Å². The van der Waals surface area contributed by atoms with Gasteiger partial charge in [0.2, 0.25) is 31.9 Å². The fraction of sp³-hybridized carbons (Fsp3) is 0.412. The van der Waals surface area contributed by atoms with E-state index in [0.717, 1.165) is 19.5 Å². The van der Waals surface area contributed by atoms with Crippen molar-refractivity contribution >= 4 is 65.0 Å². The number of benzene rings is 4. The Kier molecular flexibility index (Phi) is 14.7. The van der Waals surface area contributed by atoms with Gasteiger partial charge in [-0.25, -0.2) is 43.0 Å². The van der Waals surface area contributed by atoms with Crippen LogP contribution in [0.2, 0.25) is 0 Å². The van der Waals surface area contributed by atoms with Crippen LogP contribution in [0, 0.1) is 0 Å². The number of carbonyl (C=O) groups is 2. The number of rotatable bonds is 18. The van der Waals surface area contributed by atoms with E-state index in [1.165, 1.54) is 67.4 Å². The number of carbonyl (C=O) groups excluding carboxylic acids is 2. The first-order valence-electron chi connectivity index (χ1n) is 24.0. The molecule has 0 bridgehead atoms. The number of ether oxygens (including phenoxy) is 2. The maximum atomic E-state index is 16.9. The topological polar surface area (TPSA) is 181 Å². The second kappa shape index (κ2) is 20.7. The lowest BCUT2D eigenvalue weighted by molar-refractivity contribution is -0.135. The van der Waals surface area contributed by atoms with Gasteiger partial charge in [-0.05, 0) is 66.2 Å². The van der Waals surface area contributed by atoms with Crippen LogP contribution in [0.25, 0.3) is 44.3 Å². The maximum absolute atomic E-state index is 16.9. The van der Waals surface area contributed by atoms with Gasteiger partial charge in [0.15, 0.2) is 0 Å². The number of para-hydroxylation sites is 1. The minimum Gasteiger partial charge on any atom is -0.383 e. The third-order valence-corrected chi connectivity index (χ3v) is 17.7. The molecule has 0 aliphatic carbocycles. The van der Waals surface area contributed by atoms with E-state index in [0.29, 0.717) is 72.1 Å². The number of methoxy groups -OCH3 is 1. The van der Waals surface area contributed by atoms with Crippen molar-refractivity contribution in [2.45, 2.75) is 46.8 Å². The van der Waals surface area contributed by atoms with Crippen molar-refractivity contribution in [1.29, 1.82) is 0 Å². The summed E-state index contributed by atoms with van der Waals surface area (Å²) in [6.07, 6.45) is -0.577. The third kappa shape index (κ3) is 10.8. The van der Waals surface area contributed by atoms with Crippen molar-refractivity contribution in [2.75, 3.05) is 110 Å². The summed E-state index contributed by atoms with van der Waals surface area (Å²) in [5.74, 6) is -8.27. The number of fused-ring (bicyclic) bond motifs is 2. The van der Waals surface area contributed by atoms with Gasteiger partial charge in [-0.1, -0.05) is 30.3 Å². The van der Waals surface area contributed by atoms with Crippen LogP contribution in [-0.4, -0.2) is 164 Å². The molecule has 0 radical (unpaired) electrons. The zero-order valence-electron chi connectivity index (χ0n) is 40.7. The van der Waals surface area contributed by atoms with Crippen molar-refractivity contribution in [3.63, 3.8) is 0 Å². The van der Waals surface area contributed by atoms with Crippen LogP contribution in [0.5, 0.6) is 0 Å². The van der Waals surface area contributed by atoms with Crippen molar-refractivity contribution in [3.05, 3.63) is 96.6 Å². The first-order chi connectivity index (χ1) is 34.8. The van der Waals surface area contributed by atoms with Gasteiger partial charge in [-0.15, -0.1) is 0 Å². The number of alkyl halides is 4. The second-order valence-corrected chi connectivity index (χ2v) is 22.9. The van der Waals surface area contributed by atoms with Crippen LogP contribution in [0.1, 0.15) is 30.7 Å². The number of hydrogen-bond donors (Lipinski definition) is 3. The number of anilines is 2. The molecule has 22 heteroatoms. The van der Waals surface area contributed by atoms with Gasteiger partial charge >= 0.3 is 0 Å². The fourth-order valence-electron chi connectivity index (χ4n) is 9.88. The van der Waals surface area contributed by atoms with E-state index in [4.69, 9.17) is 9.47 Å². The lowest BCUT2D eigenvalue weighted by Crippen LogP contribution is -2.42. The molecule has 16 nitrogen and oxygen atoms in total. The standard InChI is InChI=1S/C51H58F4N8O8S2/c1-59(19-15-48(64)56-18-24-70-3)72(66,67)36-12-14-47(39(28-36)44-27-34-7-4-5-9-42(34)57-44)63-31-41(51(54,55)33-63)37-8-6-10-43-38(37)30-45(58-43)40-29-35(11-13-46(40)62-21-17-50(52,53)32-62)73(68,69)60(2)20-16-49(65)61-22-25-71-26-23-61/h4-14,27-30,41,57-58H,15-26,31-33H2,1-3H3,(H,56,64). The number of hydrogen-bond acceptors (Lipinski definition) is 10. The van der Waals surface area contributed by atoms with Gasteiger partial charge in [0.1, 0.15) is 0 Å². The second-order valence-electron chi connectivity index (χ2n) is 18.8. The number of aromatic amines is 2. The van der Waals surface area contributed by atoms with Gasteiger partial charge in [-0.2, -0.15) is 0 Å². The maximum Gasteiger partial charge on any atom is 0.273 e. The summed E-state index contributed by atoms with van der Waals surface area (Å²) in [4.78, 5) is 36.3. The molecular weight excluding hydrogens is 993 g/mol. The van der Waals surface area contributed by atoms with Crippen molar-refractivity contribution in [3.8, 4) is 22.5 Å². The molecule has 73 heavy (non-hydrogen) atoms. The minimum absolute atomic E-state index is 0.0101. The van der Waals surface area contributed by atoms with Gasteiger partial charge < -0.3 is 39.5 Å². The quantitative estimate of drug-likeness (QED) is 0.0619. The van der Waals surface area contributed by atoms with Crippen LogP contribution in [-0.2, 0) is 39.1 Å². The zero-order valence-corrected chi connectivity index (χ0v) is 42.3. The lowest BCUT2D eigenvalue weighted by atomic mass is 9.92. The number of amides is 2. The van der Waals surface area contributed by atoms with Gasteiger partial charge in [0.05, 0.1) is 48.6 Å². The monoisotopic (exact) mass is 1050 g/mol. The molecule has 1 unspecified atom stereocenters. The lowest BCUT2D eigenvalue weighted by Gasteiger charge is -2.27. The summed E-state index contributed by atoms with van der Waals surface area (Å²) < 4.78 is 132. The van der Waals surface area contributed by atoms with Gasteiger partial charge in [0, 0.05) is 142 Å². The summed E-state index contributed by atoms with van der Waals surface area (Å²) in [5.41, 5.74) is 3.64. The molecule has 0 spiro atoms. The van der Waals surface area contributed by atoms with E-state index in [-0.39, 0.29) is 78.3 Å². The molecule has 4 aromatic carbocycles. The molecule has 3 fully saturated rings. The van der Waals surface area contributed by atoms with Crippen LogP contribution in [0.4, 0.5) is 28.9 Å². The molecule has 3 N–H and O–H groups in total. The molecule has 3 aliphatic rings. The van der Waals surface area contributed by atoms with Crippen molar-refractivity contribution in [1.82, 2.24) is 28.8 Å². The molecule has 1 atom stereocenters. The molecule has 5 heterocycles. The van der Waals surface area contributed by atoms with Crippen LogP contribution in [0.15, 0.2) is 101 Å². The number of nitrogens with zero attached hydrogens (tertiary/aromatic N) is 5. The van der Waals surface area contributed by atoms with E-state index in [2.05, 4.69) is 15.3 Å². The highest BCUT2D eigenvalue weighted by Crippen LogP contribution is 2.48. The number of nitrogens with one attached hydrogen (secondary N) is 3. The molecule has 6 aromatic rings. The highest BCUT2D eigenvalue weighted by atomic mass is 32.2. The number of morpholine rings is 1. The molecule has 2 aromatic heterocycles. The average molecular weight is 1050 g/mol. The van der Waals surface area contributed by atoms with Crippen LogP contribution < -0.4 is 15.1 Å². The largest absolute Gasteiger partial charge is 0.383 e. The molecule has 0 saturated carbocycles. The summed E-state index contributed by atoms with van der Waals surface area (Å²) in [5, 5.41) is 3.91. The van der Waals surface area contributed by atoms with Gasteiger partial charge in [0.25, 0.3) is 11.8 Å². The van der Waals surface area contributed by atoms with Crippen molar-refractivity contribution < 1.29 is 53.5 Å². The third-order valence-electron chi connectivity index (χ3n) is 14.0. The summed E-state index contributed by atoms with van der Waals surface area (Å²) >= 11 is 0. The highest BCUT2D eigenvalue weighted by molar-refractivity contribution is 7.89. The molecule has 9 rings (SSSR count). The van der Waals surface area contributed by atoms with E-state index < -0.39 is 57.3 Å². The van der Waals surface area contributed by atoms with Crippen molar-refractivity contribution in [2.24, 2.45) is 0 Å². The normalized spacial score (nSPS) is 18.2. The summed E-state index contributed by atoms with van der Waals surface area (Å²) in [6, 6.07) is 24.4. The predicted octanol–water partition coefficient (Wildman–Crippen LogP) is 6.71. The fourth-order valence-corrected chi connectivity index (χ4v) is 12.3. The number of sulfonamides is 2. The smallest absolute Gasteiger partial charge is 0.273 e. The number of aromatic nitrogens is 2. The first kappa shape index (κ1) is 51.8. The Morgan fingerprint density at radius 3 is 2.01 bits per heavy atom. The van der Waals surface area contributed by atoms with E-state index >= 15 is 8.78 Å². The zero-order chi connectivity index (χ0) is 51.9. The summed E-state index contributed by atoms with van der Waals surface area (Å²) in [7, 11) is -4.15. The molecule has 2 amide bonds. The Morgan fingerprint density at radius 2 is 1.37 bits per heavy atom. The van der Waals surface area contributed by atoms with Crippen LogP contribution in [0.3, 0.4) is 0 Å². The molecule has 3 aliphatic heterocycles. The predicted molar refractivity (Wildman–Crippen MR) is 270 cm³/mol. The number of halogens is 4. The van der Waals surface area contributed by atoms with E-state index in [1.807, 2.05) is 30.3 Å². The van der Waals surface area contributed by atoms with Gasteiger partial charge in [-0.3, -0.25) is 9.59 Å². The molecule has 390 valence electrons. The Bertz CT molecular complexity index is 3220. The SMILES string of the molecule is COCCNC(=O)CCN(C)S(=O)(=O)c1ccc(N2CC(c3cccc4[nH]c(-c5cc(S(=O)(=O)N(C)CCC(=O)N6CCOCC6)ccc5N5CCC(F)(F)C5)cc34)C(F)(F)C2)c(-c2cc3ccccc3[nH]2)c1. The number of H-pyrrole nitrogens is 2. The Hall–Kier alpha value is -6.04. The molecule has 3 saturated heterocycles. The Labute approximate surface area is 421 Å². The van der Waals surface area contributed by atoms with Crippen LogP contribution >= 0.6 is 0 Å². The summed E-state index contributed by atoms with van der Waals surface area (Å²) in [6.45, 7) is 0.429. The Balaban J connectivity index is 1.04. The average Bonchev–Trinajstić information content (AvgIpc) is 4.18. The molecular formula is C51H58F4N8O8S2. The minimum atomic E-state index is -4.22. The van der Waals surface area contributed by atoms with E-state index in [1.54, 1.807) is 29.2 Å². The Morgan fingerprint density at radius 1 is 0.753 bits per heavy atom.